The van der Waals surface area contributed by atoms with Gasteiger partial charge in [0.25, 0.3) is 0 Å². The van der Waals surface area contributed by atoms with Crippen LogP contribution < -0.4 is 65.5 Å². The molecule has 0 aliphatic heterocycles. The number of nitrogens with two attached hydrogens (primary N) is 4. The third kappa shape index (κ3) is 23.1. The van der Waals surface area contributed by atoms with Crippen molar-refractivity contribution in [2.24, 2.45) is 39.8 Å². The van der Waals surface area contributed by atoms with E-state index in [0.717, 1.165) is 6.92 Å². The van der Waals surface area contributed by atoms with E-state index in [-0.39, 0.29) is 37.7 Å². The molecule has 9 atom stereocenters. The molecule has 0 aliphatic carbocycles. The van der Waals surface area contributed by atoms with E-state index in [4.69, 9.17) is 28.0 Å². The molecule has 9 amide bonds. The van der Waals surface area contributed by atoms with Gasteiger partial charge in [-0.2, -0.15) is 0 Å². The maximum atomic E-state index is 13.8. The third-order valence-electron chi connectivity index (χ3n) is 10.4. The second-order valence-electron chi connectivity index (χ2n) is 16.8. The van der Waals surface area contributed by atoms with Gasteiger partial charge in [-0.25, -0.2) is 0 Å². The number of aliphatic imine (C=N–C) groups is 1. The van der Waals surface area contributed by atoms with Crippen molar-refractivity contribution < 1.29 is 68.1 Å². The summed E-state index contributed by atoms with van der Waals surface area (Å²) in [6.45, 7) is 6.48. The zero-order chi connectivity index (χ0) is 53.2. The van der Waals surface area contributed by atoms with Crippen LogP contribution >= 0.6 is 0 Å². The largest absolute Gasteiger partial charge is 0.481 e. The third-order valence-corrected chi connectivity index (χ3v) is 10.4. The second-order valence-corrected chi connectivity index (χ2v) is 16.8. The van der Waals surface area contributed by atoms with Crippen LogP contribution in [0.25, 0.3) is 0 Å². The smallest absolute Gasteiger partial charge is 0.322 e. The van der Waals surface area contributed by atoms with Gasteiger partial charge < -0.3 is 80.8 Å². The summed E-state index contributed by atoms with van der Waals surface area (Å²) in [7, 11) is 0. The number of primary amides is 1. The lowest BCUT2D eigenvalue weighted by Crippen LogP contribution is -2.61. The van der Waals surface area contributed by atoms with Crippen molar-refractivity contribution >= 4 is 71.1 Å². The predicted octanol–water partition coefficient (Wildman–Crippen LogP) is -5.34. The Morgan fingerprint density at radius 2 is 1.14 bits per heavy atom. The number of amides is 9. The van der Waals surface area contributed by atoms with E-state index in [2.05, 4.69) is 47.5 Å². The van der Waals surface area contributed by atoms with E-state index in [1.54, 1.807) is 58.0 Å². The van der Waals surface area contributed by atoms with Crippen LogP contribution in [0.4, 0.5) is 0 Å². The van der Waals surface area contributed by atoms with Gasteiger partial charge in [-0.05, 0) is 43.6 Å². The topological polar surface area (TPSA) is 461 Å². The fraction of sp³-hybridized carbons (Fsp3) is 0.581. The molecule has 0 fully saturated rings. The van der Waals surface area contributed by atoms with Crippen molar-refractivity contribution in [1.29, 1.82) is 0 Å². The average Bonchev–Trinajstić information content (AvgIpc) is 3.28. The molecule has 0 aromatic heterocycles. The number of rotatable bonds is 32. The Morgan fingerprint density at radius 1 is 0.614 bits per heavy atom. The average molecular weight is 992 g/mol. The number of aliphatic carboxylic acids is 2. The molecule has 0 aliphatic rings. The highest BCUT2D eigenvalue weighted by Crippen LogP contribution is 2.11. The van der Waals surface area contributed by atoms with Crippen molar-refractivity contribution in [3.63, 3.8) is 0 Å². The van der Waals surface area contributed by atoms with Crippen LogP contribution in [0.2, 0.25) is 0 Å². The first kappa shape index (κ1) is 60.6. The molecule has 27 heteroatoms. The molecule has 0 unspecified atom stereocenters. The van der Waals surface area contributed by atoms with Gasteiger partial charge >= 0.3 is 11.9 Å². The summed E-state index contributed by atoms with van der Waals surface area (Å²) >= 11 is 0. The van der Waals surface area contributed by atoms with Crippen LogP contribution in [0.5, 0.6) is 0 Å². The number of benzene rings is 1. The van der Waals surface area contributed by atoms with Crippen molar-refractivity contribution in [3.05, 3.63) is 35.9 Å². The molecule has 390 valence electrons. The molecule has 70 heavy (non-hydrogen) atoms. The predicted molar refractivity (Wildman–Crippen MR) is 250 cm³/mol. The maximum Gasteiger partial charge on any atom is 0.322 e. The highest BCUT2D eigenvalue weighted by Gasteiger charge is 2.35. The number of guanidine groups is 1. The van der Waals surface area contributed by atoms with E-state index in [1.165, 1.54) is 0 Å². The summed E-state index contributed by atoms with van der Waals surface area (Å²) < 4.78 is 0. The summed E-state index contributed by atoms with van der Waals surface area (Å²) in [6.07, 6.45) is -1.25. The van der Waals surface area contributed by atoms with Crippen LogP contribution in [0.15, 0.2) is 35.3 Å². The zero-order valence-electron chi connectivity index (χ0n) is 39.8. The molecule has 27 nitrogen and oxygen atoms in total. The molecular formula is C43H69N13O14. The number of carboxylic acids is 2. The molecule has 0 saturated carbocycles. The van der Waals surface area contributed by atoms with Crippen LogP contribution in [-0.4, -0.2) is 154 Å². The van der Waals surface area contributed by atoms with Crippen LogP contribution in [0.1, 0.15) is 78.7 Å². The number of nitrogens with zero attached hydrogens (tertiary/aromatic N) is 1. The Hall–Kier alpha value is -7.42. The van der Waals surface area contributed by atoms with E-state index in [1.807, 2.05) is 0 Å². The summed E-state index contributed by atoms with van der Waals surface area (Å²) in [6, 6.07) is -3.95. The Bertz CT molecular complexity index is 2020. The van der Waals surface area contributed by atoms with E-state index >= 15 is 0 Å². The van der Waals surface area contributed by atoms with E-state index < -0.39 is 145 Å². The first-order valence-corrected chi connectivity index (χ1v) is 22.4. The Balaban J connectivity index is 3.25. The van der Waals surface area contributed by atoms with Gasteiger partial charge in [0.15, 0.2) is 5.96 Å². The standard InChI is InChI=1S/C43H69N13O14/c1-6-22(4)34(56-36(64)25(44)13-10-14-48-43(46)47)42(70)55-30(20-57)41(69)50-23(5)35(63)51-28(17-31(45)58)39(67)54-29(18-32(59)60)40(68)53-27(16-24-11-8-7-9-12-24)38(66)52-26(15-21(2)3)37(65)49-19-33(61)62/h7-9,11-12,21-23,25-30,34,57H,6,10,13-20,44H2,1-5H3,(H2,45,58)(H,49,65)(H,50,69)(H,51,63)(H,52,66)(H,53,68)(H,54,67)(H,55,70)(H,56,64)(H,59,60)(H,61,62)(H4,46,47,48)/t22-,23-,25-,26-,27-,28-,29-,30-,34-/m0/s1. The maximum absolute atomic E-state index is 13.8. The molecule has 1 rings (SSSR count). The molecule has 1 aromatic carbocycles. The number of aliphatic hydroxyl groups is 1. The highest BCUT2D eigenvalue weighted by molar-refractivity contribution is 5.99. The number of hydrogen-bond acceptors (Lipinski definition) is 14. The number of carboxylic acid groups (broad SMARTS) is 2. The normalized spacial score (nSPS) is 14.7. The Labute approximate surface area is 404 Å². The minimum Gasteiger partial charge on any atom is -0.481 e. The molecule has 0 radical (unpaired) electrons. The van der Waals surface area contributed by atoms with Gasteiger partial charge in [-0.15, -0.1) is 0 Å². The molecule has 0 saturated heterocycles. The molecule has 0 spiro atoms. The SMILES string of the molecule is CC[C@H](C)[C@H](NC(=O)[C@@H](N)CCCN=C(N)N)C(=O)N[C@@H](CO)C(=O)N[C@@H](C)C(=O)N[C@@H](CC(N)=O)C(=O)N[C@@H](CC(=O)O)C(=O)N[C@@H](Cc1ccccc1)C(=O)N[C@@H](CC(C)C)C(=O)NCC(=O)O. The minimum atomic E-state index is -1.96. The van der Waals surface area contributed by atoms with Crippen molar-refractivity contribution in [2.45, 2.75) is 128 Å². The molecule has 0 heterocycles. The van der Waals surface area contributed by atoms with Crippen LogP contribution in [0, 0.1) is 11.8 Å². The van der Waals surface area contributed by atoms with Crippen molar-refractivity contribution in [1.82, 2.24) is 42.5 Å². The summed E-state index contributed by atoms with van der Waals surface area (Å²) in [4.78, 5) is 146. The highest BCUT2D eigenvalue weighted by atomic mass is 16.4. The molecule has 19 N–H and O–H groups in total. The lowest BCUT2D eigenvalue weighted by Gasteiger charge is -2.28. The summed E-state index contributed by atoms with van der Waals surface area (Å²) in [5.41, 5.74) is 22.4. The van der Waals surface area contributed by atoms with Gasteiger partial charge in [0, 0.05) is 13.0 Å². The lowest BCUT2D eigenvalue weighted by molar-refractivity contribution is -0.142. The number of carbonyl (C=O) groups excluding carboxylic acids is 9. The molecular weight excluding hydrogens is 923 g/mol. The minimum absolute atomic E-state index is 0.0517. The van der Waals surface area contributed by atoms with Crippen LogP contribution in [-0.2, 0) is 59.2 Å². The monoisotopic (exact) mass is 992 g/mol. The van der Waals surface area contributed by atoms with Gasteiger partial charge in [-0.1, -0.05) is 64.4 Å². The fourth-order valence-corrected chi connectivity index (χ4v) is 6.40. The van der Waals surface area contributed by atoms with Crippen molar-refractivity contribution in [3.8, 4) is 0 Å². The fourth-order valence-electron chi connectivity index (χ4n) is 6.40. The molecule has 0 bridgehead atoms. The van der Waals surface area contributed by atoms with Gasteiger partial charge in [-0.3, -0.25) is 57.7 Å². The molecule has 1 aromatic rings. The van der Waals surface area contributed by atoms with E-state index in [0.29, 0.717) is 18.4 Å². The van der Waals surface area contributed by atoms with Crippen LogP contribution in [0.3, 0.4) is 0 Å². The number of carbonyl (C=O) groups is 11. The summed E-state index contributed by atoms with van der Waals surface area (Å²) in [5.74, 6) is -13.0. The Morgan fingerprint density at radius 3 is 1.67 bits per heavy atom. The number of nitrogens with one attached hydrogen (secondary N) is 8. The van der Waals surface area contributed by atoms with Crippen molar-refractivity contribution in [2.75, 3.05) is 19.7 Å². The Kier molecular flexibility index (Phi) is 26.7. The zero-order valence-corrected chi connectivity index (χ0v) is 39.8. The van der Waals surface area contributed by atoms with Gasteiger partial charge in [0.1, 0.15) is 48.8 Å². The van der Waals surface area contributed by atoms with Gasteiger partial charge in [0.2, 0.25) is 53.2 Å². The second kappa shape index (κ2) is 30.9. The number of aliphatic hydroxyl groups excluding tert-OH is 1. The van der Waals surface area contributed by atoms with E-state index in [9.17, 15) is 63.0 Å². The van der Waals surface area contributed by atoms with Gasteiger partial charge in [0.05, 0.1) is 25.5 Å². The quantitative estimate of drug-likeness (QED) is 0.0182. The number of hydrogen-bond donors (Lipinski definition) is 15. The lowest BCUT2D eigenvalue weighted by atomic mass is 9.97. The first-order chi connectivity index (χ1) is 32.8. The summed E-state index contributed by atoms with van der Waals surface area (Å²) in [5, 5.41) is 47.3. The first-order valence-electron chi connectivity index (χ1n) is 22.4.